The van der Waals surface area contributed by atoms with Crippen LogP contribution >= 0.6 is 11.6 Å². The van der Waals surface area contributed by atoms with E-state index in [1.165, 1.54) is 31.3 Å². The normalized spacial score (nSPS) is 11.5. The fourth-order valence-electron chi connectivity index (χ4n) is 2.74. The second-order valence-electron chi connectivity index (χ2n) is 5.78. The van der Waals surface area contributed by atoms with Crippen LogP contribution < -0.4 is 4.90 Å². The van der Waals surface area contributed by atoms with E-state index in [1.807, 2.05) is 0 Å². The predicted molar refractivity (Wildman–Crippen MR) is 93.2 cm³/mol. The van der Waals surface area contributed by atoms with Gasteiger partial charge in [0.1, 0.15) is 16.7 Å². The number of aromatic nitrogens is 2. The molecule has 0 radical (unpaired) electrons. The lowest BCUT2D eigenvalue weighted by Crippen LogP contribution is -2.19. The SMILES string of the molecule is Cn1cc(N(C=O)c2ccccc2-c2cc(F)c(Cl)c(F)c2)c(C(F)(F)F)n1. The fraction of sp³-hybridized carbons (Fsp3) is 0.111. The summed E-state index contributed by atoms with van der Waals surface area (Å²) >= 11 is 5.48. The summed E-state index contributed by atoms with van der Waals surface area (Å²) in [7, 11) is 1.28. The van der Waals surface area contributed by atoms with E-state index >= 15 is 0 Å². The number of amides is 1. The number of carbonyl (C=O) groups excluding carboxylic acids is 1. The lowest BCUT2D eigenvalue weighted by Gasteiger charge is -2.21. The second-order valence-corrected chi connectivity index (χ2v) is 6.16. The minimum Gasteiger partial charge on any atom is -0.279 e. The number of hydrogen-bond donors (Lipinski definition) is 0. The topological polar surface area (TPSA) is 38.1 Å². The van der Waals surface area contributed by atoms with Gasteiger partial charge in [0.25, 0.3) is 0 Å². The Labute approximate surface area is 160 Å². The molecule has 0 bridgehead atoms. The van der Waals surface area contributed by atoms with Gasteiger partial charge < -0.3 is 0 Å². The van der Waals surface area contributed by atoms with Gasteiger partial charge in [-0.05, 0) is 23.8 Å². The molecule has 0 N–H and O–H groups in total. The molecule has 4 nitrogen and oxygen atoms in total. The third kappa shape index (κ3) is 3.57. The molecule has 0 saturated heterocycles. The first-order chi connectivity index (χ1) is 13.1. The highest BCUT2D eigenvalue weighted by atomic mass is 35.5. The lowest BCUT2D eigenvalue weighted by molar-refractivity contribution is -0.140. The average Bonchev–Trinajstić information content (AvgIpc) is 3.02. The zero-order chi connectivity index (χ0) is 20.6. The van der Waals surface area contributed by atoms with E-state index in [0.29, 0.717) is 0 Å². The molecule has 146 valence electrons. The molecule has 3 rings (SSSR count). The standard InChI is InChI=1S/C18H11ClF5N3O/c1-26-8-15(17(25-26)18(22,23)24)27(9-28)14-5-3-2-4-11(14)10-6-12(20)16(19)13(21)7-10/h2-9H,1H3. The van der Waals surface area contributed by atoms with Gasteiger partial charge in [-0.3, -0.25) is 14.4 Å². The van der Waals surface area contributed by atoms with E-state index in [2.05, 4.69) is 5.10 Å². The summed E-state index contributed by atoms with van der Waals surface area (Å²) < 4.78 is 68.6. The molecule has 2 aromatic carbocycles. The fourth-order valence-corrected chi connectivity index (χ4v) is 2.85. The van der Waals surface area contributed by atoms with Crippen LogP contribution in [0.4, 0.5) is 33.3 Å². The van der Waals surface area contributed by atoms with Gasteiger partial charge in [-0.2, -0.15) is 18.3 Å². The first-order valence-electron chi connectivity index (χ1n) is 7.72. The van der Waals surface area contributed by atoms with Gasteiger partial charge in [0.2, 0.25) is 6.41 Å². The van der Waals surface area contributed by atoms with E-state index in [9.17, 15) is 26.7 Å². The van der Waals surface area contributed by atoms with Crippen molar-refractivity contribution in [1.29, 1.82) is 0 Å². The number of rotatable bonds is 4. The van der Waals surface area contributed by atoms with E-state index < -0.39 is 34.2 Å². The first kappa shape index (κ1) is 19.8. The predicted octanol–water partition coefficient (Wildman–Crippen LogP) is 5.33. The van der Waals surface area contributed by atoms with Crippen molar-refractivity contribution < 1.29 is 26.7 Å². The molecule has 0 unspecified atom stereocenters. The summed E-state index contributed by atoms with van der Waals surface area (Å²) in [5.41, 5.74) is -1.69. The van der Waals surface area contributed by atoms with Crippen molar-refractivity contribution in [3.05, 3.63) is 64.9 Å². The highest BCUT2D eigenvalue weighted by Gasteiger charge is 2.39. The van der Waals surface area contributed by atoms with Gasteiger partial charge in [-0.1, -0.05) is 29.8 Å². The average molecular weight is 416 g/mol. The molecule has 0 atom stereocenters. The highest BCUT2D eigenvalue weighted by molar-refractivity contribution is 6.31. The quantitative estimate of drug-likeness (QED) is 0.328. The van der Waals surface area contributed by atoms with Crippen molar-refractivity contribution in [2.45, 2.75) is 6.18 Å². The maximum Gasteiger partial charge on any atom is 0.437 e. The Kier molecular flexibility index (Phi) is 5.12. The minimum absolute atomic E-state index is 0.000649. The zero-order valence-corrected chi connectivity index (χ0v) is 14.9. The molecular weight excluding hydrogens is 405 g/mol. The van der Waals surface area contributed by atoms with Crippen LogP contribution in [-0.4, -0.2) is 16.2 Å². The van der Waals surface area contributed by atoms with Crippen LogP contribution in [0.5, 0.6) is 0 Å². The third-order valence-electron chi connectivity index (χ3n) is 3.90. The number of anilines is 2. The van der Waals surface area contributed by atoms with Crippen LogP contribution in [0, 0.1) is 11.6 Å². The summed E-state index contributed by atoms with van der Waals surface area (Å²) in [5, 5.41) is 2.66. The highest BCUT2D eigenvalue weighted by Crippen LogP contribution is 2.41. The van der Waals surface area contributed by atoms with Gasteiger partial charge in [0.05, 0.1) is 11.4 Å². The Morgan fingerprint density at radius 2 is 1.71 bits per heavy atom. The largest absolute Gasteiger partial charge is 0.437 e. The monoisotopic (exact) mass is 415 g/mol. The molecule has 0 aliphatic heterocycles. The Hall–Kier alpha value is -2.94. The molecule has 1 amide bonds. The third-order valence-corrected chi connectivity index (χ3v) is 4.26. The molecule has 3 aromatic rings. The van der Waals surface area contributed by atoms with Crippen LogP contribution in [0.25, 0.3) is 11.1 Å². The minimum atomic E-state index is -4.81. The molecule has 0 aliphatic carbocycles. The van der Waals surface area contributed by atoms with E-state index in [0.717, 1.165) is 27.9 Å². The Morgan fingerprint density at radius 1 is 1.11 bits per heavy atom. The van der Waals surface area contributed by atoms with Crippen LogP contribution in [0.15, 0.2) is 42.6 Å². The summed E-state index contributed by atoms with van der Waals surface area (Å²) in [4.78, 5) is 12.4. The Morgan fingerprint density at radius 3 is 2.29 bits per heavy atom. The molecule has 1 heterocycles. The first-order valence-corrected chi connectivity index (χ1v) is 8.10. The number of hydrogen-bond acceptors (Lipinski definition) is 2. The van der Waals surface area contributed by atoms with Crippen molar-refractivity contribution >= 4 is 29.4 Å². The number of benzene rings is 2. The molecule has 1 aromatic heterocycles. The summed E-state index contributed by atoms with van der Waals surface area (Å²) in [6.45, 7) is 0. The van der Waals surface area contributed by atoms with Gasteiger partial charge in [-0.15, -0.1) is 0 Å². The molecular formula is C18H11ClF5N3O. The smallest absolute Gasteiger partial charge is 0.279 e. The van der Waals surface area contributed by atoms with Gasteiger partial charge >= 0.3 is 6.18 Å². The number of alkyl halides is 3. The molecule has 10 heteroatoms. The van der Waals surface area contributed by atoms with Crippen molar-refractivity contribution in [2.75, 3.05) is 4.90 Å². The summed E-state index contributed by atoms with van der Waals surface area (Å²) in [6.07, 6.45) is -3.62. The molecule has 0 fully saturated rings. The van der Waals surface area contributed by atoms with Crippen molar-refractivity contribution in [3.63, 3.8) is 0 Å². The van der Waals surface area contributed by atoms with Gasteiger partial charge in [-0.25, -0.2) is 8.78 Å². The van der Waals surface area contributed by atoms with Crippen LogP contribution in [0.2, 0.25) is 5.02 Å². The Balaban J connectivity index is 2.21. The van der Waals surface area contributed by atoms with Crippen LogP contribution in [-0.2, 0) is 18.0 Å². The lowest BCUT2D eigenvalue weighted by atomic mass is 10.0. The molecule has 0 spiro atoms. The van der Waals surface area contributed by atoms with Gasteiger partial charge in [0, 0.05) is 18.8 Å². The maximum atomic E-state index is 13.9. The van der Waals surface area contributed by atoms with E-state index in [4.69, 9.17) is 11.6 Å². The van der Waals surface area contributed by atoms with Crippen LogP contribution in [0.1, 0.15) is 5.69 Å². The summed E-state index contributed by atoms with van der Waals surface area (Å²) in [6, 6.07) is 7.61. The number of aryl methyl sites for hydroxylation is 1. The van der Waals surface area contributed by atoms with Gasteiger partial charge in [0.15, 0.2) is 5.69 Å². The number of nitrogens with zero attached hydrogens (tertiary/aromatic N) is 3. The van der Waals surface area contributed by atoms with Crippen LogP contribution in [0.3, 0.4) is 0 Å². The number of para-hydroxylation sites is 1. The number of carbonyl (C=O) groups is 1. The number of halogens is 6. The van der Waals surface area contributed by atoms with Crippen molar-refractivity contribution in [2.24, 2.45) is 7.05 Å². The van der Waals surface area contributed by atoms with Crippen molar-refractivity contribution in [3.8, 4) is 11.1 Å². The molecule has 0 aliphatic rings. The van der Waals surface area contributed by atoms with Crippen molar-refractivity contribution in [1.82, 2.24) is 9.78 Å². The Bertz CT molecular complexity index is 1020. The van der Waals surface area contributed by atoms with E-state index in [1.54, 1.807) is 0 Å². The summed E-state index contributed by atoms with van der Waals surface area (Å²) in [5.74, 6) is -2.08. The second kappa shape index (κ2) is 7.23. The van der Waals surface area contributed by atoms with E-state index in [-0.39, 0.29) is 23.2 Å². The molecule has 0 saturated carbocycles. The zero-order valence-electron chi connectivity index (χ0n) is 14.1. The molecule has 28 heavy (non-hydrogen) atoms. The maximum absolute atomic E-state index is 13.9.